The van der Waals surface area contributed by atoms with Crippen molar-refractivity contribution in [3.05, 3.63) is 24.5 Å². The molecule has 0 aromatic carbocycles. The zero-order valence-corrected chi connectivity index (χ0v) is 7.75. The molecule has 72 valence electrons. The molecule has 0 amide bonds. The third-order valence-electron chi connectivity index (χ3n) is 1.07. The fourth-order valence-corrected chi connectivity index (χ4v) is 0.452. The van der Waals surface area contributed by atoms with E-state index < -0.39 is 11.9 Å². The summed E-state index contributed by atoms with van der Waals surface area (Å²) in [5.74, 6) is -1.75. The van der Waals surface area contributed by atoms with E-state index in [2.05, 4.69) is 22.6 Å². The third kappa shape index (κ3) is 4.10. The van der Waals surface area contributed by atoms with Gasteiger partial charge in [0.15, 0.2) is 0 Å². The quantitative estimate of drug-likeness (QED) is 0.374. The van der Waals surface area contributed by atoms with Crippen molar-refractivity contribution in [2.45, 2.75) is 13.8 Å². The number of carbonyl (C=O) groups is 2. The maximum absolute atomic E-state index is 10.9. The predicted octanol–water partition coefficient (Wildman–Crippen LogP) is 1.18. The molecule has 0 saturated heterocycles. The topological polar surface area (TPSA) is 52.6 Å². The first-order valence-electron chi connectivity index (χ1n) is 3.72. The number of hydrogen-bond donors (Lipinski definition) is 0. The van der Waals surface area contributed by atoms with E-state index in [9.17, 15) is 9.59 Å². The van der Waals surface area contributed by atoms with Gasteiger partial charge in [-0.2, -0.15) is 0 Å². The first kappa shape index (κ1) is 11.4. The van der Waals surface area contributed by atoms with Crippen molar-refractivity contribution < 1.29 is 19.1 Å². The van der Waals surface area contributed by atoms with E-state index >= 15 is 0 Å². The molecule has 0 fully saturated rings. The van der Waals surface area contributed by atoms with E-state index in [1.54, 1.807) is 6.92 Å². The minimum absolute atomic E-state index is 0.199. The van der Waals surface area contributed by atoms with Gasteiger partial charge in [0.25, 0.3) is 0 Å². The lowest BCUT2D eigenvalue weighted by Gasteiger charge is -2.05. The number of ether oxygens (including phenoxy) is 2. The van der Waals surface area contributed by atoms with E-state index in [0.717, 1.165) is 0 Å². The molecule has 0 bridgehead atoms. The van der Waals surface area contributed by atoms with Crippen LogP contribution in [0.3, 0.4) is 0 Å². The number of esters is 2. The molecule has 0 N–H and O–H groups in total. The van der Waals surface area contributed by atoms with Crippen LogP contribution in [0.25, 0.3) is 0 Å². The maximum atomic E-state index is 10.9. The number of rotatable bonds is 4. The van der Waals surface area contributed by atoms with Crippen LogP contribution in [-0.4, -0.2) is 18.5 Å². The van der Waals surface area contributed by atoms with Crippen molar-refractivity contribution in [3.8, 4) is 0 Å². The zero-order chi connectivity index (χ0) is 10.4. The van der Waals surface area contributed by atoms with Gasteiger partial charge in [-0.05, 0) is 20.4 Å². The molecule has 4 nitrogen and oxygen atoms in total. The molecule has 0 aliphatic heterocycles. The highest BCUT2D eigenvalue weighted by atomic mass is 16.6. The van der Waals surface area contributed by atoms with Crippen LogP contribution in [0.2, 0.25) is 0 Å². The molecule has 0 atom stereocenters. The summed E-state index contributed by atoms with van der Waals surface area (Å²) in [5.41, 5.74) is 0.199. The molecule has 4 heteroatoms. The minimum atomic E-state index is -0.739. The summed E-state index contributed by atoms with van der Waals surface area (Å²) in [5, 5.41) is 0. The van der Waals surface area contributed by atoms with Gasteiger partial charge in [0.2, 0.25) is 5.76 Å². The van der Waals surface area contributed by atoms with Gasteiger partial charge < -0.3 is 9.47 Å². The average molecular weight is 184 g/mol. The summed E-state index contributed by atoms with van der Waals surface area (Å²) < 4.78 is 9.06. The lowest BCUT2D eigenvalue weighted by molar-refractivity contribution is -0.149. The number of hydrogen-bond acceptors (Lipinski definition) is 4. The summed E-state index contributed by atoms with van der Waals surface area (Å²) in [6.07, 6.45) is 0. The molecule has 0 rings (SSSR count). The van der Waals surface area contributed by atoms with Gasteiger partial charge in [0.1, 0.15) is 0 Å². The molecule has 0 unspecified atom stereocenters. The van der Waals surface area contributed by atoms with E-state index in [-0.39, 0.29) is 17.9 Å². The monoisotopic (exact) mass is 184 g/mol. The third-order valence-corrected chi connectivity index (χ3v) is 1.07. The van der Waals surface area contributed by atoms with Gasteiger partial charge in [-0.15, -0.1) is 0 Å². The molecule has 0 aromatic rings. The fraction of sp³-hybridized carbons (Fsp3) is 0.333. The normalized spacial score (nSPS) is 8.77. The van der Waals surface area contributed by atoms with Crippen LogP contribution in [0.15, 0.2) is 24.5 Å². The van der Waals surface area contributed by atoms with Crippen molar-refractivity contribution in [2.24, 2.45) is 0 Å². The second kappa shape index (κ2) is 5.13. The summed E-state index contributed by atoms with van der Waals surface area (Å²) >= 11 is 0. The largest absolute Gasteiger partial charge is 0.460 e. The van der Waals surface area contributed by atoms with Gasteiger partial charge >= 0.3 is 11.9 Å². The van der Waals surface area contributed by atoms with Crippen molar-refractivity contribution in [1.29, 1.82) is 0 Å². The van der Waals surface area contributed by atoms with Crippen molar-refractivity contribution >= 4 is 11.9 Å². The second-order valence-electron chi connectivity index (χ2n) is 2.31. The Labute approximate surface area is 76.8 Å². The molecule has 13 heavy (non-hydrogen) atoms. The van der Waals surface area contributed by atoms with Crippen LogP contribution < -0.4 is 0 Å². The standard InChI is InChI=1S/C9H12O4/c1-5-12-9(11)7(4)13-8(10)6(2)3/h2,4-5H2,1,3H3. The lowest BCUT2D eigenvalue weighted by Crippen LogP contribution is -2.13. The molecule has 0 spiro atoms. The summed E-state index contributed by atoms with van der Waals surface area (Å²) in [6.45, 7) is 9.91. The van der Waals surface area contributed by atoms with Gasteiger partial charge in [-0.3, -0.25) is 0 Å². The number of carbonyl (C=O) groups excluding carboxylic acids is 2. The smallest absolute Gasteiger partial charge is 0.373 e. The Hall–Kier alpha value is -1.58. The van der Waals surface area contributed by atoms with Crippen molar-refractivity contribution in [2.75, 3.05) is 6.61 Å². The summed E-state index contributed by atoms with van der Waals surface area (Å²) in [6, 6.07) is 0. The molecule has 0 aromatic heterocycles. The van der Waals surface area contributed by atoms with Gasteiger partial charge in [0, 0.05) is 5.57 Å². The first-order chi connectivity index (χ1) is 5.99. The Kier molecular flexibility index (Phi) is 4.51. The molecule has 0 aliphatic rings. The van der Waals surface area contributed by atoms with Gasteiger partial charge in [-0.1, -0.05) is 6.58 Å². The highest BCUT2D eigenvalue weighted by Gasteiger charge is 2.13. The lowest BCUT2D eigenvalue weighted by atomic mass is 10.4. The van der Waals surface area contributed by atoms with E-state index in [1.165, 1.54) is 6.92 Å². The molecular weight excluding hydrogens is 172 g/mol. The van der Waals surface area contributed by atoms with Crippen molar-refractivity contribution in [1.82, 2.24) is 0 Å². The average Bonchev–Trinajstić information content (AvgIpc) is 2.04. The highest BCUT2D eigenvalue weighted by molar-refractivity contribution is 5.93. The van der Waals surface area contributed by atoms with Crippen LogP contribution in [-0.2, 0) is 19.1 Å². The van der Waals surface area contributed by atoms with Crippen LogP contribution in [0.1, 0.15) is 13.8 Å². The Bertz CT molecular complexity index is 252. The van der Waals surface area contributed by atoms with Crippen molar-refractivity contribution in [3.63, 3.8) is 0 Å². The summed E-state index contributed by atoms with van der Waals surface area (Å²) in [4.78, 5) is 21.7. The van der Waals surface area contributed by atoms with Gasteiger partial charge in [-0.25, -0.2) is 9.59 Å². The summed E-state index contributed by atoms with van der Waals surface area (Å²) in [7, 11) is 0. The predicted molar refractivity (Wildman–Crippen MR) is 46.7 cm³/mol. The zero-order valence-electron chi connectivity index (χ0n) is 7.75. The Morgan fingerprint density at radius 1 is 1.23 bits per heavy atom. The first-order valence-corrected chi connectivity index (χ1v) is 3.72. The van der Waals surface area contributed by atoms with Crippen LogP contribution >= 0.6 is 0 Å². The highest BCUT2D eigenvalue weighted by Crippen LogP contribution is 2.01. The second-order valence-corrected chi connectivity index (χ2v) is 2.31. The SMILES string of the molecule is C=C(C)C(=O)OC(=C)C(=O)OCC. The fourth-order valence-electron chi connectivity index (χ4n) is 0.452. The van der Waals surface area contributed by atoms with E-state index in [1.807, 2.05) is 0 Å². The Morgan fingerprint density at radius 2 is 1.77 bits per heavy atom. The van der Waals surface area contributed by atoms with E-state index in [0.29, 0.717) is 0 Å². The Balaban J connectivity index is 4.08. The van der Waals surface area contributed by atoms with Crippen LogP contribution in [0.4, 0.5) is 0 Å². The maximum Gasteiger partial charge on any atom is 0.373 e. The Morgan fingerprint density at radius 3 is 2.15 bits per heavy atom. The minimum Gasteiger partial charge on any atom is -0.460 e. The van der Waals surface area contributed by atoms with Crippen LogP contribution in [0.5, 0.6) is 0 Å². The van der Waals surface area contributed by atoms with Gasteiger partial charge in [0.05, 0.1) is 6.61 Å². The molecule has 0 aliphatic carbocycles. The van der Waals surface area contributed by atoms with E-state index in [4.69, 9.17) is 0 Å². The molecule has 0 radical (unpaired) electrons. The molecule has 0 heterocycles. The molecular formula is C9H12O4. The van der Waals surface area contributed by atoms with Crippen LogP contribution in [0, 0.1) is 0 Å². The molecule has 0 saturated carbocycles.